The van der Waals surface area contributed by atoms with E-state index in [1.54, 1.807) is 37.3 Å². The van der Waals surface area contributed by atoms with E-state index in [0.717, 1.165) is 0 Å². The molecule has 5 nitrogen and oxygen atoms in total. The number of carboxylic acid groups (broad SMARTS) is 1. The number of hydrogen-bond donors (Lipinski definition) is 1. The van der Waals surface area contributed by atoms with Gasteiger partial charge in [-0.15, -0.1) is 0 Å². The second-order valence-corrected chi connectivity index (χ2v) is 4.71. The first-order valence-electron chi connectivity index (χ1n) is 7.35. The molecule has 120 valence electrons. The number of carbonyl (C=O) groups excluding carboxylic acids is 1. The number of rotatable bonds is 6. The summed E-state index contributed by atoms with van der Waals surface area (Å²) < 4.78 is 10.5. The van der Waals surface area contributed by atoms with Crippen molar-refractivity contribution in [3.63, 3.8) is 0 Å². The normalized spacial score (nSPS) is 10.2. The molecule has 0 aliphatic rings. The number of carboxylic acids is 1. The van der Waals surface area contributed by atoms with Gasteiger partial charge in [0, 0.05) is 5.56 Å². The molecule has 0 bridgehead atoms. The molecule has 0 fully saturated rings. The van der Waals surface area contributed by atoms with Gasteiger partial charge in [-0.3, -0.25) is 0 Å². The van der Waals surface area contributed by atoms with Gasteiger partial charge in [-0.2, -0.15) is 0 Å². The van der Waals surface area contributed by atoms with Gasteiger partial charge in [0.05, 0.1) is 24.3 Å². The van der Waals surface area contributed by atoms with Gasteiger partial charge >= 0.3 is 11.9 Å². The van der Waals surface area contributed by atoms with Gasteiger partial charge in [-0.25, -0.2) is 9.59 Å². The minimum absolute atomic E-state index is 0.0456. The van der Waals surface area contributed by atoms with Crippen LogP contribution in [0.3, 0.4) is 0 Å². The Morgan fingerprint density at radius 1 is 1.00 bits per heavy atom. The smallest absolute Gasteiger partial charge is 0.338 e. The summed E-state index contributed by atoms with van der Waals surface area (Å²) in [6.45, 7) is 4.28. The second-order valence-electron chi connectivity index (χ2n) is 4.71. The monoisotopic (exact) mass is 314 g/mol. The first-order valence-corrected chi connectivity index (χ1v) is 7.35. The van der Waals surface area contributed by atoms with Crippen molar-refractivity contribution in [2.75, 3.05) is 13.2 Å². The van der Waals surface area contributed by atoms with E-state index in [9.17, 15) is 14.7 Å². The minimum Gasteiger partial charge on any atom is -0.494 e. The van der Waals surface area contributed by atoms with Crippen molar-refractivity contribution in [3.8, 4) is 16.9 Å². The van der Waals surface area contributed by atoms with Gasteiger partial charge in [0.2, 0.25) is 0 Å². The van der Waals surface area contributed by atoms with Gasteiger partial charge in [-0.1, -0.05) is 18.2 Å². The molecule has 0 aromatic heterocycles. The Bertz CT molecular complexity index is 721. The zero-order valence-electron chi connectivity index (χ0n) is 13.0. The van der Waals surface area contributed by atoms with Crippen molar-refractivity contribution < 1.29 is 24.2 Å². The van der Waals surface area contributed by atoms with E-state index in [1.165, 1.54) is 12.1 Å². The lowest BCUT2D eigenvalue weighted by Crippen LogP contribution is -2.10. The van der Waals surface area contributed by atoms with E-state index in [2.05, 4.69) is 0 Å². The fraction of sp³-hybridized carbons (Fsp3) is 0.222. The highest BCUT2D eigenvalue weighted by atomic mass is 16.5. The van der Waals surface area contributed by atoms with Crippen molar-refractivity contribution in [3.05, 3.63) is 53.6 Å². The number of aromatic carboxylic acids is 1. The summed E-state index contributed by atoms with van der Waals surface area (Å²) >= 11 is 0. The van der Waals surface area contributed by atoms with E-state index in [4.69, 9.17) is 9.47 Å². The van der Waals surface area contributed by atoms with Gasteiger partial charge in [0.1, 0.15) is 5.75 Å². The third kappa shape index (κ3) is 3.69. The Hall–Kier alpha value is -2.82. The first-order chi connectivity index (χ1) is 11.1. The molecule has 23 heavy (non-hydrogen) atoms. The Balaban J connectivity index is 2.64. The fourth-order valence-electron chi connectivity index (χ4n) is 2.33. The van der Waals surface area contributed by atoms with Crippen LogP contribution in [0.25, 0.3) is 11.1 Å². The Morgan fingerprint density at radius 2 is 1.70 bits per heavy atom. The molecule has 0 spiro atoms. The van der Waals surface area contributed by atoms with Crippen molar-refractivity contribution in [2.24, 2.45) is 0 Å². The third-order valence-corrected chi connectivity index (χ3v) is 3.22. The van der Waals surface area contributed by atoms with Crippen molar-refractivity contribution >= 4 is 11.9 Å². The zero-order chi connectivity index (χ0) is 16.8. The molecule has 2 aromatic rings. The maximum atomic E-state index is 12.2. The largest absolute Gasteiger partial charge is 0.494 e. The number of benzene rings is 2. The average Bonchev–Trinajstić information content (AvgIpc) is 2.55. The molecule has 0 saturated heterocycles. The second kappa shape index (κ2) is 7.45. The summed E-state index contributed by atoms with van der Waals surface area (Å²) in [5, 5.41) is 9.45. The van der Waals surface area contributed by atoms with E-state index >= 15 is 0 Å². The Morgan fingerprint density at radius 3 is 2.35 bits per heavy atom. The van der Waals surface area contributed by atoms with Crippen LogP contribution >= 0.6 is 0 Å². The highest BCUT2D eigenvalue weighted by Gasteiger charge is 2.21. The maximum absolute atomic E-state index is 12.2. The lowest BCUT2D eigenvalue weighted by atomic mass is 9.94. The van der Waals surface area contributed by atoms with Crippen molar-refractivity contribution in [1.82, 2.24) is 0 Å². The maximum Gasteiger partial charge on any atom is 0.338 e. The molecule has 2 aromatic carbocycles. The van der Waals surface area contributed by atoms with Gasteiger partial charge in [0.25, 0.3) is 0 Å². The average molecular weight is 314 g/mol. The number of ether oxygens (including phenoxy) is 2. The fourth-order valence-corrected chi connectivity index (χ4v) is 2.33. The molecule has 0 aliphatic carbocycles. The lowest BCUT2D eigenvalue weighted by molar-refractivity contribution is 0.0527. The molecule has 0 saturated carbocycles. The lowest BCUT2D eigenvalue weighted by Gasteiger charge is -2.13. The number of esters is 1. The Labute approximate surface area is 134 Å². The summed E-state index contributed by atoms with van der Waals surface area (Å²) in [6.07, 6.45) is 0. The van der Waals surface area contributed by atoms with Crippen LogP contribution in [0.15, 0.2) is 42.5 Å². The third-order valence-electron chi connectivity index (χ3n) is 3.22. The van der Waals surface area contributed by atoms with Crippen molar-refractivity contribution in [1.29, 1.82) is 0 Å². The van der Waals surface area contributed by atoms with Gasteiger partial charge < -0.3 is 14.6 Å². The van der Waals surface area contributed by atoms with E-state index in [-0.39, 0.29) is 17.7 Å². The Kier molecular flexibility index (Phi) is 5.36. The standard InChI is InChI=1S/C18H18O5/c1-3-22-13-8-5-7-12(11-13)16-14(17(19)20)9-6-10-15(16)18(21)23-4-2/h5-11H,3-4H2,1-2H3,(H,19,20). The number of hydrogen-bond acceptors (Lipinski definition) is 4. The predicted molar refractivity (Wildman–Crippen MR) is 86.0 cm³/mol. The summed E-state index contributed by atoms with van der Waals surface area (Å²) in [4.78, 5) is 23.7. The van der Waals surface area contributed by atoms with Gasteiger partial charge in [0.15, 0.2) is 0 Å². The van der Waals surface area contributed by atoms with E-state index in [1.807, 2.05) is 6.92 Å². The molecule has 5 heteroatoms. The highest BCUT2D eigenvalue weighted by molar-refractivity contribution is 6.05. The summed E-state index contributed by atoms with van der Waals surface area (Å²) in [7, 11) is 0. The summed E-state index contributed by atoms with van der Waals surface area (Å²) in [5.74, 6) is -1.04. The molecular weight excluding hydrogens is 296 g/mol. The van der Waals surface area contributed by atoms with Crippen LogP contribution in [0.4, 0.5) is 0 Å². The molecule has 0 amide bonds. The van der Waals surface area contributed by atoms with Crippen LogP contribution < -0.4 is 4.74 Å². The SMILES string of the molecule is CCOC(=O)c1cccc(C(=O)O)c1-c1cccc(OCC)c1. The number of carbonyl (C=O) groups is 2. The molecular formula is C18H18O5. The predicted octanol–water partition coefficient (Wildman–Crippen LogP) is 3.63. The molecule has 0 aliphatic heterocycles. The van der Waals surface area contributed by atoms with Crippen LogP contribution in [0, 0.1) is 0 Å². The van der Waals surface area contributed by atoms with Crippen molar-refractivity contribution in [2.45, 2.75) is 13.8 Å². The van der Waals surface area contributed by atoms with E-state index < -0.39 is 11.9 Å². The summed E-state index contributed by atoms with van der Waals surface area (Å²) in [6, 6.07) is 11.6. The first kappa shape index (κ1) is 16.5. The van der Waals surface area contributed by atoms with Crippen LogP contribution in [-0.4, -0.2) is 30.3 Å². The molecule has 0 unspecified atom stereocenters. The molecule has 0 radical (unpaired) electrons. The molecule has 0 atom stereocenters. The van der Waals surface area contributed by atoms with Crippen LogP contribution in [0.5, 0.6) is 5.75 Å². The summed E-state index contributed by atoms with van der Waals surface area (Å²) in [5.41, 5.74) is 1.20. The van der Waals surface area contributed by atoms with E-state index in [0.29, 0.717) is 23.5 Å². The minimum atomic E-state index is -1.10. The highest BCUT2D eigenvalue weighted by Crippen LogP contribution is 2.31. The topological polar surface area (TPSA) is 72.8 Å². The van der Waals surface area contributed by atoms with Crippen LogP contribution in [0.2, 0.25) is 0 Å². The molecule has 1 N–H and O–H groups in total. The zero-order valence-corrected chi connectivity index (χ0v) is 13.0. The van der Waals surface area contributed by atoms with Crippen LogP contribution in [0.1, 0.15) is 34.6 Å². The molecule has 2 rings (SSSR count). The van der Waals surface area contributed by atoms with Gasteiger partial charge in [-0.05, 0) is 43.7 Å². The molecule has 0 heterocycles. The van der Waals surface area contributed by atoms with Crippen LogP contribution in [-0.2, 0) is 4.74 Å². The quantitative estimate of drug-likeness (QED) is 0.824.